The molecular formula is C13H22N2O2. The number of hydrogen-bond acceptors (Lipinski definition) is 3. The molecule has 17 heavy (non-hydrogen) atoms. The van der Waals surface area contributed by atoms with E-state index in [4.69, 9.17) is 4.74 Å². The van der Waals surface area contributed by atoms with Crippen LogP contribution in [-0.4, -0.2) is 50.2 Å². The smallest absolute Gasteiger partial charge is 0.226 e. The maximum Gasteiger partial charge on any atom is 0.226 e. The van der Waals surface area contributed by atoms with Gasteiger partial charge in [-0.3, -0.25) is 4.79 Å². The van der Waals surface area contributed by atoms with Crippen molar-refractivity contribution in [3.05, 3.63) is 0 Å². The Balaban J connectivity index is 1.53. The average Bonchev–Trinajstić information content (AvgIpc) is 2.37. The number of likely N-dealkylation sites (tertiary alicyclic amines) is 1. The van der Waals surface area contributed by atoms with Crippen LogP contribution in [0.15, 0.2) is 0 Å². The largest absolute Gasteiger partial charge is 0.380 e. The van der Waals surface area contributed by atoms with Gasteiger partial charge < -0.3 is 15.0 Å². The molecule has 0 aromatic heterocycles. The lowest BCUT2D eigenvalue weighted by Crippen LogP contribution is -2.53. The fourth-order valence-corrected chi connectivity index (χ4v) is 3.20. The molecule has 3 heterocycles. The van der Waals surface area contributed by atoms with Gasteiger partial charge >= 0.3 is 0 Å². The predicted octanol–water partition coefficient (Wildman–Crippen LogP) is 0.625. The summed E-state index contributed by atoms with van der Waals surface area (Å²) in [6.45, 7) is 5.67. The van der Waals surface area contributed by atoms with E-state index in [0.29, 0.717) is 11.3 Å². The van der Waals surface area contributed by atoms with Crippen LogP contribution in [0.3, 0.4) is 0 Å². The second kappa shape index (κ2) is 4.58. The van der Waals surface area contributed by atoms with Gasteiger partial charge in [0, 0.05) is 25.0 Å². The maximum absolute atomic E-state index is 12.3. The Morgan fingerprint density at radius 1 is 1.29 bits per heavy atom. The van der Waals surface area contributed by atoms with Gasteiger partial charge in [0.2, 0.25) is 5.91 Å². The third kappa shape index (κ3) is 2.20. The van der Waals surface area contributed by atoms with Gasteiger partial charge in [0.15, 0.2) is 0 Å². The fraction of sp³-hybridized carbons (Fsp3) is 0.923. The van der Waals surface area contributed by atoms with Gasteiger partial charge in [-0.1, -0.05) is 0 Å². The first-order valence-corrected chi connectivity index (χ1v) is 6.86. The van der Waals surface area contributed by atoms with Gasteiger partial charge in [0.1, 0.15) is 0 Å². The number of rotatable bonds is 1. The number of piperidine rings is 2. The second-order valence-electron chi connectivity index (χ2n) is 5.86. The van der Waals surface area contributed by atoms with Crippen LogP contribution in [0.1, 0.15) is 25.7 Å². The molecule has 3 fully saturated rings. The highest BCUT2D eigenvalue weighted by molar-refractivity contribution is 5.79. The molecule has 4 heteroatoms. The molecule has 0 bridgehead atoms. The summed E-state index contributed by atoms with van der Waals surface area (Å²) in [6.07, 6.45) is 4.48. The molecule has 3 aliphatic rings. The summed E-state index contributed by atoms with van der Waals surface area (Å²) in [4.78, 5) is 14.4. The van der Waals surface area contributed by atoms with E-state index < -0.39 is 0 Å². The number of nitrogens with zero attached hydrogens (tertiary/aromatic N) is 1. The zero-order chi connectivity index (χ0) is 11.7. The molecule has 1 N–H and O–H groups in total. The SMILES string of the molecule is O=C(C1CCCNC1)N1CCC2(CC1)COC2. The van der Waals surface area contributed by atoms with Crippen molar-refractivity contribution in [1.29, 1.82) is 0 Å². The molecule has 0 radical (unpaired) electrons. The summed E-state index contributed by atoms with van der Waals surface area (Å²) in [5.41, 5.74) is 0.432. The zero-order valence-corrected chi connectivity index (χ0v) is 10.4. The van der Waals surface area contributed by atoms with E-state index in [2.05, 4.69) is 10.2 Å². The van der Waals surface area contributed by atoms with Crippen LogP contribution in [0.25, 0.3) is 0 Å². The van der Waals surface area contributed by atoms with Crippen molar-refractivity contribution < 1.29 is 9.53 Å². The molecule has 1 amide bonds. The van der Waals surface area contributed by atoms with Crippen molar-refractivity contribution in [2.75, 3.05) is 39.4 Å². The third-order valence-corrected chi connectivity index (χ3v) is 4.60. The molecule has 96 valence electrons. The monoisotopic (exact) mass is 238 g/mol. The van der Waals surface area contributed by atoms with E-state index in [1.807, 2.05) is 0 Å². The molecule has 1 unspecified atom stereocenters. The second-order valence-corrected chi connectivity index (χ2v) is 5.86. The highest BCUT2D eigenvalue weighted by Crippen LogP contribution is 2.38. The number of amides is 1. The molecule has 3 rings (SSSR count). The van der Waals surface area contributed by atoms with Crippen LogP contribution in [0.5, 0.6) is 0 Å². The number of carbonyl (C=O) groups is 1. The van der Waals surface area contributed by atoms with Gasteiger partial charge in [-0.25, -0.2) is 0 Å². The quantitative estimate of drug-likeness (QED) is 0.728. The predicted molar refractivity (Wildman–Crippen MR) is 64.7 cm³/mol. The Kier molecular flexibility index (Phi) is 3.09. The minimum atomic E-state index is 0.232. The molecular weight excluding hydrogens is 216 g/mol. The van der Waals surface area contributed by atoms with Crippen LogP contribution in [0.4, 0.5) is 0 Å². The summed E-state index contributed by atoms with van der Waals surface area (Å²) in [6, 6.07) is 0. The molecule has 1 spiro atoms. The normalized spacial score (nSPS) is 32.2. The van der Waals surface area contributed by atoms with Crippen molar-refractivity contribution in [3.8, 4) is 0 Å². The van der Waals surface area contributed by atoms with Gasteiger partial charge in [-0.15, -0.1) is 0 Å². The fourth-order valence-electron chi connectivity index (χ4n) is 3.20. The van der Waals surface area contributed by atoms with Crippen LogP contribution in [-0.2, 0) is 9.53 Å². The average molecular weight is 238 g/mol. The van der Waals surface area contributed by atoms with Crippen LogP contribution >= 0.6 is 0 Å². The van der Waals surface area contributed by atoms with E-state index >= 15 is 0 Å². The Hall–Kier alpha value is -0.610. The molecule has 0 saturated carbocycles. The first-order valence-electron chi connectivity index (χ1n) is 6.86. The van der Waals surface area contributed by atoms with E-state index in [1.54, 1.807) is 0 Å². The summed E-state index contributed by atoms with van der Waals surface area (Å²) >= 11 is 0. The van der Waals surface area contributed by atoms with Gasteiger partial charge in [-0.05, 0) is 32.2 Å². The Morgan fingerprint density at radius 2 is 2.06 bits per heavy atom. The Bertz CT molecular complexity index is 286. The van der Waals surface area contributed by atoms with Crippen molar-refractivity contribution >= 4 is 5.91 Å². The number of nitrogens with one attached hydrogen (secondary N) is 1. The van der Waals surface area contributed by atoms with Crippen molar-refractivity contribution in [2.45, 2.75) is 25.7 Å². The van der Waals surface area contributed by atoms with Gasteiger partial charge in [-0.2, -0.15) is 0 Å². The Morgan fingerprint density at radius 3 is 2.59 bits per heavy atom. The summed E-state index contributed by atoms with van der Waals surface area (Å²) in [5.74, 6) is 0.614. The highest BCUT2D eigenvalue weighted by Gasteiger charge is 2.42. The highest BCUT2D eigenvalue weighted by atomic mass is 16.5. The third-order valence-electron chi connectivity index (χ3n) is 4.60. The van der Waals surface area contributed by atoms with Crippen molar-refractivity contribution in [3.63, 3.8) is 0 Å². The molecule has 0 aliphatic carbocycles. The Labute approximate surface area is 103 Å². The van der Waals surface area contributed by atoms with Crippen molar-refractivity contribution in [1.82, 2.24) is 10.2 Å². The van der Waals surface area contributed by atoms with Gasteiger partial charge in [0.25, 0.3) is 0 Å². The number of ether oxygens (including phenoxy) is 1. The first-order chi connectivity index (χ1) is 8.29. The molecule has 3 saturated heterocycles. The van der Waals surface area contributed by atoms with Crippen LogP contribution in [0.2, 0.25) is 0 Å². The summed E-state index contributed by atoms with van der Waals surface area (Å²) in [5, 5.41) is 3.33. The molecule has 0 aromatic rings. The van der Waals surface area contributed by atoms with E-state index in [-0.39, 0.29) is 5.92 Å². The maximum atomic E-state index is 12.3. The topological polar surface area (TPSA) is 41.6 Å². The lowest BCUT2D eigenvalue weighted by Gasteiger charge is -2.47. The van der Waals surface area contributed by atoms with Crippen LogP contribution < -0.4 is 5.32 Å². The van der Waals surface area contributed by atoms with E-state index in [0.717, 1.165) is 65.1 Å². The first kappa shape index (κ1) is 11.5. The molecule has 3 aliphatic heterocycles. The van der Waals surface area contributed by atoms with E-state index in [9.17, 15) is 4.79 Å². The van der Waals surface area contributed by atoms with Gasteiger partial charge in [0.05, 0.1) is 19.1 Å². The summed E-state index contributed by atoms with van der Waals surface area (Å²) in [7, 11) is 0. The molecule has 1 atom stereocenters. The lowest BCUT2D eigenvalue weighted by atomic mass is 9.76. The number of hydrogen-bond donors (Lipinski definition) is 1. The number of carbonyl (C=O) groups excluding carboxylic acids is 1. The zero-order valence-electron chi connectivity index (χ0n) is 10.4. The van der Waals surface area contributed by atoms with E-state index in [1.165, 1.54) is 0 Å². The molecule has 4 nitrogen and oxygen atoms in total. The van der Waals surface area contributed by atoms with Crippen LogP contribution in [0, 0.1) is 11.3 Å². The lowest BCUT2D eigenvalue weighted by molar-refractivity contribution is -0.155. The van der Waals surface area contributed by atoms with Crippen molar-refractivity contribution in [2.24, 2.45) is 11.3 Å². The minimum Gasteiger partial charge on any atom is -0.380 e. The standard InChI is InChI=1S/C13H22N2O2/c16-12(11-2-1-5-14-8-11)15-6-3-13(4-7-15)9-17-10-13/h11,14H,1-10H2. The summed E-state index contributed by atoms with van der Waals surface area (Å²) < 4.78 is 5.31. The molecule has 0 aromatic carbocycles. The minimum absolute atomic E-state index is 0.232.